The van der Waals surface area contributed by atoms with Crippen molar-refractivity contribution in [1.82, 2.24) is 0 Å². The molecule has 154 valence electrons. The lowest BCUT2D eigenvalue weighted by molar-refractivity contribution is -0.113. The summed E-state index contributed by atoms with van der Waals surface area (Å²) in [6, 6.07) is 17.7. The van der Waals surface area contributed by atoms with Gasteiger partial charge in [-0.3, -0.25) is 9.59 Å². The normalized spacial score (nSPS) is 10.4. The van der Waals surface area contributed by atoms with Crippen molar-refractivity contribution in [3.8, 4) is 5.75 Å². The second kappa shape index (κ2) is 10.1. The van der Waals surface area contributed by atoms with Gasteiger partial charge in [0.2, 0.25) is 5.91 Å². The van der Waals surface area contributed by atoms with Crippen LogP contribution in [0.15, 0.2) is 71.6 Å². The van der Waals surface area contributed by atoms with Crippen LogP contribution in [-0.4, -0.2) is 24.7 Å². The molecule has 0 saturated heterocycles. The number of hydrogen-bond donors (Lipinski definition) is 2. The van der Waals surface area contributed by atoms with E-state index in [4.69, 9.17) is 16.3 Å². The molecular formula is C22H18ClFN2O3S. The minimum Gasteiger partial charge on any atom is -0.497 e. The highest BCUT2D eigenvalue weighted by atomic mass is 35.5. The van der Waals surface area contributed by atoms with Crippen LogP contribution >= 0.6 is 23.4 Å². The molecule has 0 aliphatic carbocycles. The van der Waals surface area contributed by atoms with Crippen LogP contribution in [0.25, 0.3) is 0 Å². The van der Waals surface area contributed by atoms with E-state index in [1.807, 2.05) is 0 Å². The van der Waals surface area contributed by atoms with Gasteiger partial charge in [0.25, 0.3) is 5.91 Å². The molecule has 0 unspecified atom stereocenters. The zero-order valence-electron chi connectivity index (χ0n) is 15.9. The first kappa shape index (κ1) is 21.7. The second-order valence-electron chi connectivity index (χ2n) is 6.14. The summed E-state index contributed by atoms with van der Waals surface area (Å²) >= 11 is 7.21. The van der Waals surface area contributed by atoms with Crippen LogP contribution in [0.4, 0.5) is 15.8 Å². The van der Waals surface area contributed by atoms with Gasteiger partial charge in [0.05, 0.1) is 29.1 Å². The average Bonchev–Trinajstić information content (AvgIpc) is 2.74. The van der Waals surface area contributed by atoms with Gasteiger partial charge in [0.15, 0.2) is 0 Å². The van der Waals surface area contributed by atoms with Crippen LogP contribution < -0.4 is 15.4 Å². The van der Waals surface area contributed by atoms with E-state index in [-0.39, 0.29) is 16.7 Å². The molecule has 0 heterocycles. The topological polar surface area (TPSA) is 67.4 Å². The van der Waals surface area contributed by atoms with Crippen molar-refractivity contribution in [2.75, 3.05) is 23.5 Å². The number of rotatable bonds is 7. The summed E-state index contributed by atoms with van der Waals surface area (Å²) in [4.78, 5) is 25.6. The number of carbonyl (C=O) groups is 2. The van der Waals surface area contributed by atoms with Crippen LogP contribution in [0.5, 0.6) is 5.75 Å². The SMILES string of the molecule is COc1cccc(NC(=O)CSc2ccccc2C(=O)Nc2ccc(F)cc2Cl)c1. The number of carbonyl (C=O) groups excluding carboxylic acids is 2. The molecule has 0 aliphatic rings. The molecular weight excluding hydrogens is 427 g/mol. The molecule has 3 aromatic rings. The van der Waals surface area contributed by atoms with Crippen molar-refractivity contribution >= 4 is 46.6 Å². The van der Waals surface area contributed by atoms with Crippen LogP contribution in [0.2, 0.25) is 5.02 Å². The molecule has 3 rings (SSSR count). The monoisotopic (exact) mass is 444 g/mol. The van der Waals surface area contributed by atoms with E-state index in [9.17, 15) is 14.0 Å². The molecule has 2 N–H and O–H groups in total. The number of anilines is 2. The fraction of sp³-hybridized carbons (Fsp3) is 0.0909. The first-order valence-corrected chi connectivity index (χ1v) is 10.2. The van der Waals surface area contributed by atoms with E-state index in [2.05, 4.69) is 10.6 Å². The highest BCUT2D eigenvalue weighted by Gasteiger charge is 2.15. The van der Waals surface area contributed by atoms with Gasteiger partial charge in [0.1, 0.15) is 11.6 Å². The Morgan fingerprint density at radius 3 is 2.60 bits per heavy atom. The highest BCUT2D eigenvalue weighted by molar-refractivity contribution is 8.00. The third-order valence-corrected chi connectivity index (χ3v) is 5.41. The van der Waals surface area contributed by atoms with E-state index in [0.29, 0.717) is 27.6 Å². The maximum absolute atomic E-state index is 13.2. The summed E-state index contributed by atoms with van der Waals surface area (Å²) in [6.45, 7) is 0. The molecule has 0 spiro atoms. The van der Waals surface area contributed by atoms with E-state index in [1.165, 1.54) is 23.9 Å². The van der Waals surface area contributed by atoms with Gasteiger partial charge in [-0.1, -0.05) is 29.8 Å². The molecule has 0 bridgehead atoms. The van der Waals surface area contributed by atoms with Gasteiger partial charge < -0.3 is 15.4 Å². The maximum Gasteiger partial charge on any atom is 0.256 e. The number of methoxy groups -OCH3 is 1. The smallest absolute Gasteiger partial charge is 0.256 e. The van der Waals surface area contributed by atoms with Crippen LogP contribution in [0.1, 0.15) is 10.4 Å². The standard InChI is InChI=1S/C22H18ClFN2O3S/c1-29-16-6-4-5-15(12-16)25-21(27)13-30-20-8-3-2-7-17(20)22(28)26-19-10-9-14(24)11-18(19)23/h2-12H,13H2,1H3,(H,25,27)(H,26,28). The van der Waals surface area contributed by atoms with E-state index >= 15 is 0 Å². The Morgan fingerprint density at radius 2 is 1.83 bits per heavy atom. The Morgan fingerprint density at radius 1 is 1.03 bits per heavy atom. The minimum atomic E-state index is -0.490. The first-order chi connectivity index (χ1) is 14.5. The molecule has 0 radical (unpaired) electrons. The van der Waals surface area contributed by atoms with Gasteiger partial charge in [0, 0.05) is 16.6 Å². The van der Waals surface area contributed by atoms with Crippen molar-refractivity contribution in [2.45, 2.75) is 4.90 Å². The van der Waals surface area contributed by atoms with E-state index < -0.39 is 11.7 Å². The molecule has 0 aliphatic heterocycles. The Hall–Kier alpha value is -3.03. The number of halogens is 2. The molecule has 2 amide bonds. The number of amides is 2. The second-order valence-corrected chi connectivity index (χ2v) is 7.57. The zero-order valence-corrected chi connectivity index (χ0v) is 17.5. The zero-order chi connectivity index (χ0) is 21.5. The van der Waals surface area contributed by atoms with Crippen molar-refractivity contribution < 1.29 is 18.7 Å². The first-order valence-electron chi connectivity index (χ1n) is 8.88. The molecule has 3 aromatic carbocycles. The molecule has 30 heavy (non-hydrogen) atoms. The summed E-state index contributed by atoms with van der Waals surface area (Å²) in [5.74, 6) is -0.360. The number of ether oxygens (including phenoxy) is 1. The van der Waals surface area contributed by atoms with Gasteiger partial charge >= 0.3 is 0 Å². The van der Waals surface area contributed by atoms with Gasteiger partial charge in [-0.05, 0) is 42.5 Å². The Bertz CT molecular complexity index is 1080. The predicted octanol–water partition coefficient (Wildman–Crippen LogP) is 5.47. The molecule has 0 aromatic heterocycles. The summed E-state index contributed by atoms with van der Waals surface area (Å²) in [7, 11) is 1.55. The number of hydrogen-bond acceptors (Lipinski definition) is 4. The van der Waals surface area contributed by atoms with E-state index in [0.717, 1.165) is 6.07 Å². The average molecular weight is 445 g/mol. The summed E-state index contributed by atoms with van der Waals surface area (Å²) < 4.78 is 18.3. The highest BCUT2D eigenvalue weighted by Crippen LogP contribution is 2.27. The maximum atomic E-state index is 13.2. The van der Waals surface area contributed by atoms with Crippen LogP contribution in [0, 0.1) is 5.82 Å². The number of thioether (sulfide) groups is 1. The molecule has 0 saturated carbocycles. The molecule has 8 heteroatoms. The largest absolute Gasteiger partial charge is 0.497 e. The Labute approximate surface area is 182 Å². The Kier molecular flexibility index (Phi) is 7.32. The number of benzene rings is 3. The van der Waals surface area contributed by atoms with Gasteiger partial charge in [-0.15, -0.1) is 11.8 Å². The van der Waals surface area contributed by atoms with Crippen molar-refractivity contribution in [3.05, 3.63) is 83.1 Å². The molecule has 5 nitrogen and oxygen atoms in total. The van der Waals surface area contributed by atoms with Crippen molar-refractivity contribution in [1.29, 1.82) is 0 Å². The molecule has 0 atom stereocenters. The van der Waals surface area contributed by atoms with Crippen LogP contribution in [0.3, 0.4) is 0 Å². The molecule has 0 fully saturated rings. The quantitative estimate of drug-likeness (QED) is 0.474. The summed E-state index contributed by atoms with van der Waals surface area (Å²) in [5, 5.41) is 5.57. The summed E-state index contributed by atoms with van der Waals surface area (Å²) in [5.41, 5.74) is 1.31. The van der Waals surface area contributed by atoms with Crippen LogP contribution in [-0.2, 0) is 4.79 Å². The third-order valence-electron chi connectivity index (χ3n) is 4.02. The van der Waals surface area contributed by atoms with E-state index in [1.54, 1.807) is 55.6 Å². The Balaban J connectivity index is 1.65. The lowest BCUT2D eigenvalue weighted by atomic mass is 10.2. The fourth-order valence-electron chi connectivity index (χ4n) is 2.60. The van der Waals surface area contributed by atoms with Gasteiger partial charge in [-0.25, -0.2) is 4.39 Å². The number of nitrogens with one attached hydrogen (secondary N) is 2. The minimum absolute atomic E-state index is 0.103. The predicted molar refractivity (Wildman–Crippen MR) is 118 cm³/mol. The fourth-order valence-corrected chi connectivity index (χ4v) is 3.67. The van der Waals surface area contributed by atoms with Crippen molar-refractivity contribution in [3.63, 3.8) is 0 Å². The van der Waals surface area contributed by atoms with Crippen molar-refractivity contribution in [2.24, 2.45) is 0 Å². The summed E-state index contributed by atoms with van der Waals surface area (Å²) in [6.07, 6.45) is 0. The lowest BCUT2D eigenvalue weighted by Gasteiger charge is -2.11. The third kappa shape index (κ3) is 5.75. The lowest BCUT2D eigenvalue weighted by Crippen LogP contribution is -2.16. The van der Waals surface area contributed by atoms with Gasteiger partial charge in [-0.2, -0.15) is 0 Å².